The van der Waals surface area contributed by atoms with Crippen LogP contribution in [0.2, 0.25) is 0 Å². The summed E-state index contributed by atoms with van der Waals surface area (Å²) in [6, 6.07) is 16.7. The maximum absolute atomic E-state index is 13.4. The van der Waals surface area contributed by atoms with E-state index in [9.17, 15) is 18.4 Å². The van der Waals surface area contributed by atoms with Gasteiger partial charge in [0.15, 0.2) is 11.6 Å². The third kappa shape index (κ3) is 5.89. The molecule has 1 unspecified atom stereocenters. The van der Waals surface area contributed by atoms with Gasteiger partial charge in [-0.1, -0.05) is 18.2 Å². The monoisotopic (exact) mass is 439 g/mol. The molecule has 6 nitrogen and oxygen atoms in total. The Bertz CT molecular complexity index is 1100. The van der Waals surface area contributed by atoms with Gasteiger partial charge in [-0.3, -0.25) is 9.59 Å². The molecule has 3 N–H and O–H groups in total. The van der Waals surface area contributed by atoms with Crippen LogP contribution in [0.25, 0.3) is 0 Å². The smallest absolute Gasteiger partial charge is 0.257 e. The largest absolute Gasteiger partial charge is 0.497 e. The van der Waals surface area contributed by atoms with E-state index in [4.69, 9.17) is 4.74 Å². The van der Waals surface area contributed by atoms with E-state index in [0.717, 1.165) is 12.1 Å². The number of amides is 2. The third-order valence-corrected chi connectivity index (χ3v) is 4.81. The number of anilines is 2. The molecule has 1 atom stereocenters. The Hall–Kier alpha value is -3.78. The third-order valence-electron chi connectivity index (χ3n) is 4.81. The Balaban J connectivity index is 1.61. The molecule has 0 spiro atoms. The summed E-state index contributed by atoms with van der Waals surface area (Å²) in [6.07, 6.45) is 0. The number of para-hydroxylation sites is 1. The maximum atomic E-state index is 13.4. The van der Waals surface area contributed by atoms with Gasteiger partial charge in [-0.2, -0.15) is 0 Å². The molecular formula is C24H23F2N3O3. The average molecular weight is 439 g/mol. The topological polar surface area (TPSA) is 79.5 Å². The number of hydrogen-bond acceptors (Lipinski definition) is 4. The van der Waals surface area contributed by atoms with Crippen molar-refractivity contribution >= 4 is 23.2 Å². The van der Waals surface area contributed by atoms with Gasteiger partial charge in [-0.25, -0.2) is 8.78 Å². The van der Waals surface area contributed by atoms with Gasteiger partial charge in [0.1, 0.15) is 5.75 Å². The molecule has 3 aromatic carbocycles. The van der Waals surface area contributed by atoms with Gasteiger partial charge in [-0.15, -0.1) is 0 Å². The van der Waals surface area contributed by atoms with E-state index in [2.05, 4.69) is 16.0 Å². The number of carbonyl (C=O) groups is 2. The molecule has 0 heterocycles. The lowest BCUT2D eigenvalue weighted by Crippen LogP contribution is -2.30. The van der Waals surface area contributed by atoms with Crippen LogP contribution in [-0.4, -0.2) is 25.5 Å². The Morgan fingerprint density at radius 3 is 2.34 bits per heavy atom. The van der Waals surface area contributed by atoms with Crippen LogP contribution in [0, 0.1) is 11.6 Å². The van der Waals surface area contributed by atoms with Crippen LogP contribution in [0.15, 0.2) is 66.7 Å². The standard InChI is InChI=1S/C24H23F2N3O3/c1-15(16-7-12-20(25)21(26)13-16)27-14-23(30)29-22-6-4-3-5-19(22)24(31)28-17-8-10-18(32-2)11-9-17/h3-13,15,27H,14H2,1-2H3,(H,28,31)(H,29,30). The molecule has 0 radical (unpaired) electrons. The van der Waals surface area contributed by atoms with E-state index in [1.165, 1.54) is 6.07 Å². The highest BCUT2D eigenvalue weighted by Crippen LogP contribution is 2.20. The quantitative estimate of drug-likeness (QED) is 0.482. The lowest BCUT2D eigenvalue weighted by molar-refractivity contribution is -0.115. The van der Waals surface area contributed by atoms with E-state index in [0.29, 0.717) is 28.3 Å². The molecule has 0 aliphatic rings. The van der Waals surface area contributed by atoms with Gasteiger partial charge < -0.3 is 20.7 Å². The molecule has 0 fully saturated rings. The maximum Gasteiger partial charge on any atom is 0.257 e. The van der Waals surface area contributed by atoms with Gasteiger partial charge in [0.05, 0.1) is 24.9 Å². The molecule has 166 valence electrons. The summed E-state index contributed by atoms with van der Waals surface area (Å²) in [6.45, 7) is 1.64. The molecule has 32 heavy (non-hydrogen) atoms. The van der Waals surface area contributed by atoms with Crippen molar-refractivity contribution in [2.24, 2.45) is 0 Å². The Morgan fingerprint density at radius 2 is 1.66 bits per heavy atom. The molecule has 0 saturated heterocycles. The van der Waals surface area contributed by atoms with Crippen molar-refractivity contribution < 1.29 is 23.1 Å². The Labute approximate surface area is 184 Å². The zero-order valence-electron chi connectivity index (χ0n) is 17.6. The zero-order valence-corrected chi connectivity index (χ0v) is 17.6. The van der Waals surface area contributed by atoms with E-state index in [1.807, 2.05) is 0 Å². The van der Waals surface area contributed by atoms with Crippen LogP contribution >= 0.6 is 0 Å². The lowest BCUT2D eigenvalue weighted by Gasteiger charge is -2.15. The zero-order chi connectivity index (χ0) is 23.1. The summed E-state index contributed by atoms with van der Waals surface area (Å²) in [5, 5.41) is 8.43. The fraction of sp³-hybridized carbons (Fsp3) is 0.167. The van der Waals surface area contributed by atoms with Crippen LogP contribution in [0.5, 0.6) is 5.75 Å². The molecule has 0 aromatic heterocycles. The number of methoxy groups -OCH3 is 1. The number of benzene rings is 3. The summed E-state index contributed by atoms with van der Waals surface area (Å²) in [4.78, 5) is 25.1. The summed E-state index contributed by atoms with van der Waals surface area (Å²) in [5.74, 6) is -1.97. The van der Waals surface area contributed by atoms with Gasteiger partial charge >= 0.3 is 0 Å². The van der Waals surface area contributed by atoms with Crippen LogP contribution in [0.1, 0.15) is 28.9 Å². The number of ether oxygens (including phenoxy) is 1. The van der Waals surface area contributed by atoms with Crippen LogP contribution in [0.3, 0.4) is 0 Å². The normalized spacial score (nSPS) is 11.5. The highest BCUT2D eigenvalue weighted by atomic mass is 19.2. The van der Waals surface area contributed by atoms with Crippen molar-refractivity contribution in [3.8, 4) is 5.75 Å². The molecule has 0 bridgehead atoms. The number of nitrogens with one attached hydrogen (secondary N) is 3. The van der Waals surface area contributed by atoms with Crippen molar-refractivity contribution in [3.05, 3.63) is 89.5 Å². The molecule has 0 aliphatic carbocycles. The first-order valence-corrected chi connectivity index (χ1v) is 9.90. The van der Waals surface area contributed by atoms with Crippen LogP contribution < -0.4 is 20.7 Å². The minimum atomic E-state index is -0.947. The van der Waals surface area contributed by atoms with E-state index >= 15 is 0 Å². The van der Waals surface area contributed by atoms with Crippen molar-refractivity contribution in [2.75, 3.05) is 24.3 Å². The highest BCUT2D eigenvalue weighted by molar-refractivity contribution is 6.10. The predicted molar refractivity (Wildman–Crippen MR) is 119 cm³/mol. The average Bonchev–Trinajstić information content (AvgIpc) is 2.80. The molecule has 2 amide bonds. The molecule has 3 rings (SSSR count). The lowest BCUT2D eigenvalue weighted by atomic mass is 10.1. The molecule has 3 aromatic rings. The van der Waals surface area contributed by atoms with Crippen molar-refractivity contribution in [1.82, 2.24) is 5.32 Å². The second-order valence-corrected chi connectivity index (χ2v) is 7.05. The summed E-state index contributed by atoms with van der Waals surface area (Å²) in [5.41, 5.74) is 1.74. The van der Waals surface area contributed by atoms with Crippen molar-refractivity contribution in [2.45, 2.75) is 13.0 Å². The Kier molecular flexibility index (Phi) is 7.51. The number of hydrogen-bond donors (Lipinski definition) is 3. The van der Waals surface area contributed by atoms with Crippen LogP contribution in [0.4, 0.5) is 20.2 Å². The number of carbonyl (C=O) groups excluding carboxylic acids is 2. The SMILES string of the molecule is COc1ccc(NC(=O)c2ccccc2NC(=O)CNC(C)c2ccc(F)c(F)c2)cc1. The molecular weight excluding hydrogens is 416 g/mol. The number of rotatable bonds is 8. The van der Waals surface area contributed by atoms with Crippen LogP contribution in [-0.2, 0) is 4.79 Å². The summed E-state index contributed by atoms with van der Waals surface area (Å²) < 4.78 is 31.6. The summed E-state index contributed by atoms with van der Waals surface area (Å²) >= 11 is 0. The second-order valence-electron chi connectivity index (χ2n) is 7.05. The first-order valence-electron chi connectivity index (χ1n) is 9.90. The van der Waals surface area contributed by atoms with E-state index in [1.54, 1.807) is 62.6 Å². The highest BCUT2D eigenvalue weighted by Gasteiger charge is 2.15. The first-order chi connectivity index (χ1) is 15.4. The van der Waals surface area contributed by atoms with Gasteiger partial charge in [0.25, 0.3) is 5.91 Å². The Morgan fingerprint density at radius 1 is 0.938 bits per heavy atom. The molecule has 0 saturated carbocycles. The summed E-state index contributed by atoms with van der Waals surface area (Å²) in [7, 11) is 1.56. The van der Waals surface area contributed by atoms with Crippen molar-refractivity contribution in [3.63, 3.8) is 0 Å². The van der Waals surface area contributed by atoms with E-state index < -0.39 is 11.6 Å². The van der Waals surface area contributed by atoms with E-state index in [-0.39, 0.29) is 24.4 Å². The minimum absolute atomic E-state index is 0.0887. The van der Waals surface area contributed by atoms with Gasteiger partial charge in [0.2, 0.25) is 5.91 Å². The molecule has 0 aliphatic heterocycles. The minimum Gasteiger partial charge on any atom is -0.497 e. The number of halogens is 2. The fourth-order valence-electron chi connectivity index (χ4n) is 3.00. The first kappa shape index (κ1) is 22.9. The van der Waals surface area contributed by atoms with Gasteiger partial charge in [0, 0.05) is 11.7 Å². The van der Waals surface area contributed by atoms with Gasteiger partial charge in [-0.05, 0) is 61.0 Å². The second kappa shape index (κ2) is 10.5. The predicted octanol–water partition coefficient (Wildman–Crippen LogP) is 4.52. The molecule has 8 heteroatoms. The fourth-order valence-corrected chi connectivity index (χ4v) is 3.00. The van der Waals surface area contributed by atoms with Crippen molar-refractivity contribution in [1.29, 1.82) is 0 Å².